The molecule has 5 heteroatoms. The van der Waals surface area contributed by atoms with Crippen LogP contribution in [0, 0.1) is 0 Å². The lowest BCUT2D eigenvalue weighted by Gasteiger charge is -2.04. The van der Waals surface area contributed by atoms with Crippen LogP contribution in [0.3, 0.4) is 0 Å². The molecule has 2 N–H and O–H groups in total. The van der Waals surface area contributed by atoms with Crippen LogP contribution in [0.2, 0.25) is 5.15 Å². The fourth-order valence-corrected chi connectivity index (χ4v) is 2.57. The van der Waals surface area contributed by atoms with E-state index in [1.165, 1.54) is 4.88 Å². The zero-order chi connectivity index (χ0) is 11.5. The van der Waals surface area contributed by atoms with Gasteiger partial charge in [-0.05, 0) is 25.1 Å². The minimum absolute atomic E-state index is 0.318. The van der Waals surface area contributed by atoms with Gasteiger partial charge in [0.1, 0.15) is 5.15 Å². The van der Waals surface area contributed by atoms with E-state index in [-0.39, 0.29) is 6.10 Å². The van der Waals surface area contributed by atoms with Gasteiger partial charge in [-0.1, -0.05) is 11.6 Å². The molecule has 0 aliphatic heterocycles. The van der Waals surface area contributed by atoms with Gasteiger partial charge in [-0.2, -0.15) is 0 Å². The van der Waals surface area contributed by atoms with E-state index in [9.17, 15) is 0 Å². The van der Waals surface area contributed by atoms with E-state index < -0.39 is 0 Å². The molecule has 0 unspecified atom stereocenters. The summed E-state index contributed by atoms with van der Waals surface area (Å²) in [5.74, 6) is 0. The third-order valence-electron chi connectivity index (χ3n) is 2.13. The molecule has 2 heterocycles. The van der Waals surface area contributed by atoms with Gasteiger partial charge in [0.05, 0.1) is 16.3 Å². The Morgan fingerprint density at radius 2 is 2.38 bits per heavy atom. The topological polar surface area (TPSA) is 45.1 Å². The molecule has 2 aromatic rings. The highest BCUT2D eigenvalue weighted by molar-refractivity contribution is 7.19. The van der Waals surface area contributed by atoms with Crippen molar-refractivity contribution >= 4 is 33.2 Å². The number of aliphatic hydroxyl groups excluding tert-OH is 1. The zero-order valence-corrected chi connectivity index (χ0v) is 10.5. The third kappa shape index (κ3) is 2.92. The van der Waals surface area contributed by atoms with Crippen LogP contribution in [-0.2, 0) is 6.54 Å². The third-order valence-corrected chi connectivity index (χ3v) is 3.43. The average Bonchev–Trinajstić information content (AvgIpc) is 2.58. The molecule has 0 bridgehead atoms. The normalized spacial score (nSPS) is 13.2. The SMILES string of the molecule is C[C@@H](O)CNCc1cc2nc(Cl)ccc2s1. The van der Waals surface area contributed by atoms with Crippen LogP contribution < -0.4 is 5.32 Å². The first-order chi connectivity index (χ1) is 7.65. The number of aromatic nitrogens is 1. The number of hydrogen-bond acceptors (Lipinski definition) is 4. The fraction of sp³-hybridized carbons (Fsp3) is 0.364. The van der Waals surface area contributed by atoms with Gasteiger partial charge >= 0.3 is 0 Å². The van der Waals surface area contributed by atoms with E-state index in [4.69, 9.17) is 16.7 Å². The molecule has 16 heavy (non-hydrogen) atoms. The maximum Gasteiger partial charge on any atom is 0.129 e. The van der Waals surface area contributed by atoms with Crippen LogP contribution in [0.4, 0.5) is 0 Å². The molecular weight excluding hydrogens is 244 g/mol. The number of nitrogens with one attached hydrogen (secondary N) is 1. The van der Waals surface area contributed by atoms with E-state index in [2.05, 4.69) is 10.3 Å². The molecule has 0 spiro atoms. The summed E-state index contributed by atoms with van der Waals surface area (Å²) in [4.78, 5) is 5.44. The van der Waals surface area contributed by atoms with Crippen molar-refractivity contribution in [2.45, 2.75) is 19.6 Å². The van der Waals surface area contributed by atoms with Gasteiger partial charge in [0.25, 0.3) is 0 Å². The molecule has 0 fully saturated rings. The highest BCUT2D eigenvalue weighted by Crippen LogP contribution is 2.25. The summed E-state index contributed by atoms with van der Waals surface area (Å²) in [6.07, 6.45) is -0.318. The molecule has 1 atom stereocenters. The van der Waals surface area contributed by atoms with Crippen molar-refractivity contribution in [1.29, 1.82) is 0 Å². The van der Waals surface area contributed by atoms with Crippen LogP contribution in [0.1, 0.15) is 11.8 Å². The number of aliphatic hydroxyl groups is 1. The molecule has 0 saturated carbocycles. The van der Waals surface area contributed by atoms with Gasteiger partial charge in [-0.25, -0.2) is 4.98 Å². The second-order valence-corrected chi connectivity index (χ2v) is 5.27. The number of rotatable bonds is 4. The molecule has 0 aromatic carbocycles. The lowest BCUT2D eigenvalue weighted by Crippen LogP contribution is -2.23. The number of hydrogen-bond donors (Lipinski definition) is 2. The minimum Gasteiger partial charge on any atom is -0.392 e. The van der Waals surface area contributed by atoms with Gasteiger partial charge in [-0.3, -0.25) is 0 Å². The van der Waals surface area contributed by atoms with Gasteiger partial charge in [-0.15, -0.1) is 11.3 Å². The van der Waals surface area contributed by atoms with Crippen molar-refractivity contribution in [3.63, 3.8) is 0 Å². The Hall–Kier alpha value is -0.680. The van der Waals surface area contributed by atoms with Crippen molar-refractivity contribution in [2.75, 3.05) is 6.54 Å². The standard InChI is InChI=1S/C11H13ClN2OS/c1-7(15)5-13-6-8-4-9-10(16-8)2-3-11(12)14-9/h2-4,7,13,15H,5-6H2,1H3/t7-/m1/s1. The summed E-state index contributed by atoms with van der Waals surface area (Å²) in [5, 5.41) is 12.8. The van der Waals surface area contributed by atoms with Crippen LogP contribution in [0.25, 0.3) is 10.2 Å². The summed E-state index contributed by atoms with van der Waals surface area (Å²) in [5.41, 5.74) is 0.936. The Morgan fingerprint density at radius 1 is 1.56 bits per heavy atom. The molecule has 0 saturated heterocycles. The van der Waals surface area contributed by atoms with Gasteiger partial charge in [0.2, 0.25) is 0 Å². The molecule has 3 nitrogen and oxygen atoms in total. The molecule has 0 radical (unpaired) electrons. The number of fused-ring (bicyclic) bond motifs is 1. The summed E-state index contributed by atoms with van der Waals surface area (Å²) < 4.78 is 1.14. The van der Waals surface area contributed by atoms with Crippen molar-refractivity contribution < 1.29 is 5.11 Å². The molecule has 0 aliphatic rings. The maximum atomic E-state index is 9.12. The van der Waals surface area contributed by atoms with Crippen LogP contribution in [-0.4, -0.2) is 22.7 Å². The molecule has 0 amide bonds. The Kier molecular flexibility index (Phi) is 3.76. The highest BCUT2D eigenvalue weighted by atomic mass is 35.5. The van der Waals surface area contributed by atoms with Gasteiger partial charge in [0.15, 0.2) is 0 Å². The maximum absolute atomic E-state index is 9.12. The van der Waals surface area contributed by atoms with Crippen LogP contribution in [0.5, 0.6) is 0 Å². The summed E-state index contributed by atoms with van der Waals surface area (Å²) in [6.45, 7) is 3.12. The molecule has 86 valence electrons. The van der Waals surface area contributed by atoms with Gasteiger partial charge < -0.3 is 10.4 Å². The number of thiophene rings is 1. The first-order valence-electron chi connectivity index (χ1n) is 5.09. The summed E-state index contributed by atoms with van der Waals surface area (Å²) in [6, 6.07) is 5.81. The Labute approximate surface area is 103 Å². The van der Waals surface area contributed by atoms with Crippen molar-refractivity contribution in [1.82, 2.24) is 10.3 Å². The smallest absolute Gasteiger partial charge is 0.129 e. The minimum atomic E-state index is -0.318. The highest BCUT2D eigenvalue weighted by Gasteiger charge is 2.03. The first kappa shape index (κ1) is 11.8. The van der Waals surface area contributed by atoms with E-state index in [1.54, 1.807) is 24.3 Å². The van der Waals surface area contributed by atoms with E-state index in [1.807, 2.05) is 12.1 Å². The second kappa shape index (κ2) is 5.10. The largest absolute Gasteiger partial charge is 0.392 e. The molecule has 2 aromatic heterocycles. The van der Waals surface area contributed by atoms with E-state index >= 15 is 0 Å². The van der Waals surface area contributed by atoms with Crippen LogP contribution in [0.15, 0.2) is 18.2 Å². The zero-order valence-electron chi connectivity index (χ0n) is 8.90. The number of nitrogens with zero attached hydrogens (tertiary/aromatic N) is 1. The number of pyridine rings is 1. The molecule has 0 aliphatic carbocycles. The lowest BCUT2D eigenvalue weighted by atomic mass is 10.3. The monoisotopic (exact) mass is 256 g/mol. The quantitative estimate of drug-likeness (QED) is 0.826. The molecule has 2 rings (SSSR count). The second-order valence-electron chi connectivity index (χ2n) is 3.71. The lowest BCUT2D eigenvalue weighted by molar-refractivity contribution is 0.191. The molecular formula is C11H13ClN2OS. The number of halogens is 1. The van der Waals surface area contributed by atoms with Crippen molar-refractivity contribution in [3.8, 4) is 0 Å². The van der Waals surface area contributed by atoms with Crippen molar-refractivity contribution in [3.05, 3.63) is 28.2 Å². The summed E-state index contributed by atoms with van der Waals surface area (Å²) >= 11 is 7.51. The van der Waals surface area contributed by atoms with Crippen molar-refractivity contribution in [2.24, 2.45) is 0 Å². The average molecular weight is 257 g/mol. The Morgan fingerprint density at radius 3 is 3.12 bits per heavy atom. The van der Waals surface area contributed by atoms with E-state index in [0.717, 1.165) is 16.8 Å². The Bertz CT molecular complexity index is 484. The Balaban J connectivity index is 2.08. The first-order valence-corrected chi connectivity index (χ1v) is 6.28. The fourth-order valence-electron chi connectivity index (χ4n) is 1.44. The predicted molar refractivity (Wildman–Crippen MR) is 68.0 cm³/mol. The van der Waals surface area contributed by atoms with E-state index in [0.29, 0.717) is 11.7 Å². The van der Waals surface area contributed by atoms with Gasteiger partial charge in [0, 0.05) is 18.0 Å². The predicted octanol–water partition coefficient (Wildman–Crippen LogP) is 2.42. The summed E-state index contributed by atoms with van der Waals surface area (Å²) in [7, 11) is 0. The van der Waals surface area contributed by atoms with Crippen LogP contribution >= 0.6 is 22.9 Å².